The number of aryl methyl sites for hydroxylation is 2. The van der Waals surface area contributed by atoms with Crippen molar-refractivity contribution >= 4 is 39.3 Å². The third-order valence-corrected chi connectivity index (χ3v) is 7.30. The van der Waals surface area contributed by atoms with E-state index in [1.54, 1.807) is 0 Å². The largest absolute Gasteiger partial charge is 0.366 e. The summed E-state index contributed by atoms with van der Waals surface area (Å²) < 4.78 is 7.65. The Balaban J connectivity index is 1.64. The molecule has 2 fully saturated rings. The molecule has 174 valence electrons. The summed E-state index contributed by atoms with van der Waals surface area (Å²) in [5, 5.41) is 6.14. The van der Waals surface area contributed by atoms with Gasteiger partial charge in [0.05, 0.1) is 22.3 Å². The van der Waals surface area contributed by atoms with Crippen LogP contribution in [0.2, 0.25) is 0 Å². The van der Waals surface area contributed by atoms with Crippen LogP contribution in [0.3, 0.4) is 0 Å². The van der Waals surface area contributed by atoms with Crippen molar-refractivity contribution < 1.29 is 14.1 Å². The molecule has 0 bridgehead atoms. The van der Waals surface area contributed by atoms with E-state index in [4.69, 9.17) is 10.3 Å². The Kier molecular flexibility index (Phi) is 4.76. The highest BCUT2D eigenvalue weighted by Crippen LogP contribution is 2.41. The molecule has 0 radical (unpaired) electrons. The van der Waals surface area contributed by atoms with Gasteiger partial charge in [-0.1, -0.05) is 11.2 Å². The van der Waals surface area contributed by atoms with Crippen LogP contribution in [-0.2, 0) is 11.3 Å². The molecule has 1 saturated carbocycles. The van der Waals surface area contributed by atoms with Gasteiger partial charge >= 0.3 is 0 Å². The Hall–Kier alpha value is -3.61. The maximum absolute atomic E-state index is 12.7. The maximum Gasteiger partial charge on any atom is 0.250 e. The molecular formula is C27H28N4O3. The number of amides is 2. The van der Waals surface area contributed by atoms with Gasteiger partial charge in [0.1, 0.15) is 5.76 Å². The molecule has 2 aromatic carbocycles. The van der Waals surface area contributed by atoms with E-state index >= 15 is 0 Å². The van der Waals surface area contributed by atoms with Crippen LogP contribution >= 0.6 is 0 Å². The molecule has 2 aliphatic rings. The summed E-state index contributed by atoms with van der Waals surface area (Å²) in [5.41, 5.74) is 11.8. The summed E-state index contributed by atoms with van der Waals surface area (Å²) in [7, 11) is 0. The molecule has 2 N–H and O–H groups in total. The Morgan fingerprint density at radius 1 is 1.15 bits per heavy atom. The lowest BCUT2D eigenvalue weighted by Crippen LogP contribution is -2.35. The maximum atomic E-state index is 12.7. The molecule has 1 aliphatic carbocycles. The number of carbonyl (C=O) groups is 2. The number of nitrogens with zero attached hydrogens (tertiary/aromatic N) is 3. The number of nitrogens with two attached hydrogens (primary N) is 1. The van der Waals surface area contributed by atoms with Gasteiger partial charge in [0.15, 0.2) is 0 Å². The van der Waals surface area contributed by atoms with Crippen molar-refractivity contribution in [3.63, 3.8) is 0 Å². The van der Waals surface area contributed by atoms with E-state index in [1.807, 2.05) is 30.9 Å². The summed E-state index contributed by atoms with van der Waals surface area (Å²) in [6.07, 6.45) is 4.94. The van der Waals surface area contributed by atoms with E-state index in [1.165, 1.54) is 12.8 Å². The Morgan fingerprint density at radius 3 is 2.65 bits per heavy atom. The molecule has 1 aliphatic heterocycles. The van der Waals surface area contributed by atoms with Crippen molar-refractivity contribution in [1.29, 1.82) is 0 Å². The summed E-state index contributed by atoms with van der Waals surface area (Å²) >= 11 is 0. The Labute approximate surface area is 197 Å². The van der Waals surface area contributed by atoms with Gasteiger partial charge in [-0.2, -0.15) is 0 Å². The van der Waals surface area contributed by atoms with E-state index in [0.717, 1.165) is 70.2 Å². The SMILES string of the molecule is Cc1noc(C)c1-c1cc(C(N)=O)c2c(c1)c1ccc(N3CCCCC3=O)cc1n2CC1CC1. The number of piperidine rings is 1. The van der Waals surface area contributed by atoms with Gasteiger partial charge < -0.3 is 19.7 Å². The first-order valence-corrected chi connectivity index (χ1v) is 12.1. The van der Waals surface area contributed by atoms with Gasteiger partial charge in [-0.25, -0.2) is 0 Å². The minimum atomic E-state index is -0.454. The monoisotopic (exact) mass is 456 g/mol. The fraction of sp³-hybridized carbons (Fsp3) is 0.370. The van der Waals surface area contributed by atoms with Crippen LogP contribution in [0.1, 0.15) is 53.9 Å². The first-order chi connectivity index (χ1) is 16.4. The molecule has 7 nitrogen and oxygen atoms in total. The van der Waals surface area contributed by atoms with E-state index in [2.05, 4.69) is 27.9 Å². The first-order valence-electron chi connectivity index (χ1n) is 12.1. The first kappa shape index (κ1) is 21.0. The second kappa shape index (κ2) is 7.72. The van der Waals surface area contributed by atoms with E-state index in [0.29, 0.717) is 23.7 Å². The summed E-state index contributed by atoms with van der Waals surface area (Å²) in [4.78, 5) is 27.2. The van der Waals surface area contributed by atoms with Gasteiger partial charge in [0.25, 0.3) is 5.91 Å². The zero-order valence-corrected chi connectivity index (χ0v) is 19.6. The molecule has 2 amide bonds. The van der Waals surface area contributed by atoms with Crippen LogP contribution < -0.4 is 10.6 Å². The summed E-state index contributed by atoms with van der Waals surface area (Å²) in [6.45, 7) is 5.36. The molecule has 34 heavy (non-hydrogen) atoms. The van der Waals surface area contributed by atoms with Crippen molar-refractivity contribution in [2.45, 2.75) is 52.5 Å². The number of carbonyl (C=O) groups excluding carboxylic acids is 2. The van der Waals surface area contributed by atoms with Crippen LogP contribution in [0, 0.1) is 19.8 Å². The minimum absolute atomic E-state index is 0.175. The Bertz CT molecular complexity index is 1460. The number of hydrogen-bond donors (Lipinski definition) is 1. The van der Waals surface area contributed by atoms with Crippen LogP contribution in [0.15, 0.2) is 34.9 Å². The average Bonchev–Trinajstić information content (AvgIpc) is 3.51. The average molecular weight is 457 g/mol. The number of primary amides is 1. The van der Waals surface area contributed by atoms with Crippen LogP contribution in [0.4, 0.5) is 5.69 Å². The normalized spacial score (nSPS) is 16.6. The number of fused-ring (bicyclic) bond motifs is 3. The van der Waals surface area contributed by atoms with Crippen molar-refractivity contribution in [3.05, 3.63) is 47.3 Å². The zero-order valence-electron chi connectivity index (χ0n) is 19.6. The van der Waals surface area contributed by atoms with Crippen molar-refractivity contribution in [1.82, 2.24) is 9.72 Å². The van der Waals surface area contributed by atoms with Gasteiger partial charge in [-0.05, 0) is 75.3 Å². The van der Waals surface area contributed by atoms with Gasteiger partial charge in [-0.3, -0.25) is 9.59 Å². The van der Waals surface area contributed by atoms with Gasteiger partial charge in [0.2, 0.25) is 5.91 Å². The molecule has 7 heteroatoms. The van der Waals surface area contributed by atoms with Crippen molar-refractivity contribution in [3.8, 4) is 11.1 Å². The smallest absolute Gasteiger partial charge is 0.250 e. The van der Waals surface area contributed by atoms with E-state index < -0.39 is 5.91 Å². The van der Waals surface area contributed by atoms with Crippen molar-refractivity contribution in [2.75, 3.05) is 11.4 Å². The number of anilines is 1. The highest BCUT2D eigenvalue weighted by atomic mass is 16.5. The molecule has 0 atom stereocenters. The molecule has 0 spiro atoms. The van der Waals surface area contributed by atoms with Crippen LogP contribution in [0.25, 0.3) is 32.9 Å². The molecule has 3 heterocycles. The fourth-order valence-electron chi connectivity index (χ4n) is 5.44. The summed E-state index contributed by atoms with van der Waals surface area (Å²) in [6, 6.07) is 10.2. The fourth-order valence-corrected chi connectivity index (χ4v) is 5.44. The predicted molar refractivity (Wildman–Crippen MR) is 132 cm³/mol. The Morgan fingerprint density at radius 2 is 1.97 bits per heavy atom. The minimum Gasteiger partial charge on any atom is -0.366 e. The molecule has 2 aromatic heterocycles. The standard InChI is InChI=1S/C27H28N4O3/c1-15-25(16(2)34-29-15)18-11-21-20-9-8-19(30-10-4-3-5-24(30)32)13-23(20)31(14-17-6-7-17)26(21)22(12-18)27(28)33/h8-9,11-13,17H,3-7,10,14H2,1-2H3,(H2,28,33). The molecule has 1 saturated heterocycles. The number of hydrogen-bond acceptors (Lipinski definition) is 4. The molecular weight excluding hydrogens is 428 g/mol. The van der Waals surface area contributed by atoms with Crippen molar-refractivity contribution in [2.24, 2.45) is 11.7 Å². The predicted octanol–water partition coefficient (Wildman–Crippen LogP) is 5.09. The second-order valence-corrected chi connectivity index (χ2v) is 9.74. The van der Waals surface area contributed by atoms with Crippen LogP contribution in [-0.4, -0.2) is 28.1 Å². The lowest BCUT2D eigenvalue weighted by molar-refractivity contribution is -0.119. The number of benzene rings is 2. The second-order valence-electron chi connectivity index (χ2n) is 9.74. The molecule has 6 rings (SSSR count). The quantitative estimate of drug-likeness (QED) is 0.452. The highest BCUT2D eigenvalue weighted by molar-refractivity contribution is 6.17. The van der Waals surface area contributed by atoms with Crippen LogP contribution in [0.5, 0.6) is 0 Å². The lowest BCUT2D eigenvalue weighted by atomic mass is 9.97. The number of aromatic nitrogens is 2. The van der Waals surface area contributed by atoms with E-state index in [-0.39, 0.29) is 5.91 Å². The zero-order chi connectivity index (χ0) is 23.6. The number of rotatable bonds is 5. The summed E-state index contributed by atoms with van der Waals surface area (Å²) in [5.74, 6) is 1.03. The highest BCUT2D eigenvalue weighted by Gasteiger charge is 2.27. The lowest BCUT2D eigenvalue weighted by Gasteiger charge is -2.27. The third-order valence-electron chi connectivity index (χ3n) is 7.30. The van der Waals surface area contributed by atoms with Gasteiger partial charge in [0, 0.05) is 41.5 Å². The van der Waals surface area contributed by atoms with Gasteiger partial charge in [-0.15, -0.1) is 0 Å². The molecule has 0 unspecified atom stereocenters. The topological polar surface area (TPSA) is 94.4 Å². The third kappa shape index (κ3) is 3.30. The van der Waals surface area contributed by atoms with E-state index in [9.17, 15) is 9.59 Å². The molecule has 4 aromatic rings.